The van der Waals surface area contributed by atoms with Crippen LogP contribution in [0.2, 0.25) is 0 Å². The lowest BCUT2D eigenvalue weighted by molar-refractivity contribution is 0.130. The second-order valence-corrected chi connectivity index (χ2v) is 5.57. The molecule has 0 spiro atoms. The van der Waals surface area contributed by atoms with Gasteiger partial charge in [-0.15, -0.1) is 0 Å². The van der Waals surface area contributed by atoms with Crippen molar-refractivity contribution in [1.82, 2.24) is 4.98 Å². The van der Waals surface area contributed by atoms with Crippen LogP contribution >= 0.6 is 0 Å². The first kappa shape index (κ1) is 17.1. The largest absolute Gasteiger partial charge is 0.392 e. The quantitative estimate of drug-likeness (QED) is 0.608. The van der Waals surface area contributed by atoms with Gasteiger partial charge in [-0.2, -0.15) is 0 Å². The van der Waals surface area contributed by atoms with E-state index in [0.717, 1.165) is 18.5 Å². The third-order valence-electron chi connectivity index (χ3n) is 3.89. The van der Waals surface area contributed by atoms with Gasteiger partial charge in [0.2, 0.25) is 0 Å². The van der Waals surface area contributed by atoms with Gasteiger partial charge in [-0.05, 0) is 18.6 Å². The van der Waals surface area contributed by atoms with Crippen LogP contribution in [0.4, 0.5) is 0 Å². The van der Waals surface area contributed by atoms with E-state index in [9.17, 15) is 5.11 Å². The summed E-state index contributed by atoms with van der Waals surface area (Å²) in [4.78, 5) is 4.31. The van der Waals surface area contributed by atoms with Gasteiger partial charge in [0.25, 0.3) is 0 Å². The number of aliphatic hydroxyl groups is 1. The highest BCUT2D eigenvalue weighted by molar-refractivity contribution is 5.11. The van der Waals surface area contributed by atoms with Crippen LogP contribution in [0.1, 0.15) is 69.9 Å². The molecule has 0 aromatic carbocycles. The van der Waals surface area contributed by atoms with Gasteiger partial charge in [0.05, 0.1) is 6.10 Å². The molecule has 2 unspecified atom stereocenters. The van der Waals surface area contributed by atoms with E-state index >= 15 is 0 Å². The van der Waals surface area contributed by atoms with E-state index in [1.165, 1.54) is 38.5 Å². The summed E-state index contributed by atoms with van der Waals surface area (Å²) in [5.41, 5.74) is 6.70. The molecule has 0 saturated heterocycles. The van der Waals surface area contributed by atoms with Crippen LogP contribution in [0.25, 0.3) is 0 Å². The van der Waals surface area contributed by atoms with Crippen molar-refractivity contribution in [2.45, 2.75) is 70.3 Å². The van der Waals surface area contributed by atoms with Crippen molar-refractivity contribution in [3.05, 3.63) is 30.1 Å². The first-order valence-electron chi connectivity index (χ1n) is 8.08. The van der Waals surface area contributed by atoms with E-state index < -0.39 is 0 Å². The molecular formula is C17H30N2O. The number of nitrogens with two attached hydrogens (primary N) is 1. The van der Waals surface area contributed by atoms with Crippen molar-refractivity contribution in [2.75, 3.05) is 6.54 Å². The summed E-state index contributed by atoms with van der Waals surface area (Å²) in [5.74, 6) is -0.0312. The number of aromatic nitrogens is 1. The van der Waals surface area contributed by atoms with Crippen LogP contribution in [0.15, 0.2) is 24.4 Å². The molecule has 1 heterocycles. The van der Waals surface area contributed by atoms with E-state index in [4.69, 9.17) is 5.73 Å². The monoisotopic (exact) mass is 278 g/mol. The Morgan fingerprint density at radius 3 is 2.40 bits per heavy atom. The third kappa shape index (κ3) is 6.49. The lowest BCUT2D eigenvalue weighted by Gasteiger charge is -2.20. The Kier molecular flexibility index (Phi) is 9.25. The van der Waals surface area contributed by atoms with Crippen LogP contribution in [0.5, 0.6) is 0 Å². The first-order chi connectivity index (χ1) is 9.79. The molecule has 0 aliphatic heterocycles. The molecule has 20 heavy (non-hydrogen) atoms. The molecule has 0 bridgehead atoms. The van der Waals surface area contributed by atoms with Crippen LogP contribution in [-0.2, 0) is 0 Å². The van der Waals surface area contributed by atoms with Gasteiger partial charge >= 0.3 is 0 Å². The Hall–Kier alpha value is -0.930. The van der Waals surface area contributed by atoms with Crippen LogP contribution in [-0.4, -0.2) is 22.7 Å². The minimum atomic E-state index is -0.370. The van der Waals surface area contributed by atoms with Gasteiger partial charge in [-0.3, -0.25) is 4.98 Å². The van der Waals surface area contributed by atoms with Gasteiger partial charge < -0.3 is 10.8 Å². The fourth-order valence-electron chi connectivity index (χ4n) is 2.58. The maximum absolute atomic E-state index is 10.3. The molecule has 0 aliphatic carbocycles. The smallest absolute Gasteiger partial charge is 0.0636 e. The number of rotatable bonds is 11. The number of pyridine rings is 1. The molecule has 0 saturated carbocycles. The minimum Gasteiger partial charge on any atom is -0.392 e. The summed E-state index contributed by atoms with van der Waals surface area (Å²) in [6.45, 7) is 2.69. The molecule has 114 valence electrons. The van der Waals surface area contributed by atoms with Crippen molar-refractivity contribution in [3.8, 4) is 0 Å². The third-order valence-corrected chi connectivity index (χ3v) is 3.89. The van der Waals surface area contributed by atoms with E-state index in [-0.39, 0.29) is 12.0 Å². The highest BCUT2D eigenvalue weighted by atomic mass is 16.3. The van der Waals surface area contributed by atoms with Gasteiger partial charge in [0.1, 0.15) is 0 Å². The maximum atomic E-state index is 10.3. The zero-order valence-electron chi connectivity index (χ0n) is 12.8. The predicted octanol–water partition coefficient (Wildman–Crippen LogP) is 3.63. The topological polar surface area (TPSA) is 59.1 Å². The van der Waals surface area contributed by atoms with Crippen molar-refractivity contribution in [3.63, 3.8) is 0 Å². The SMILES string of the molecule is CCCCCCCCCC(O)C(CN)c1ccccn1. The van der Waals surface area contributed by atoms with Crippen molar-refractivity contribution in [2.24, 2.45) is 5.73 Å². The molecule has 1 aromatic heterocycles. The molecule has 0 aliphatic rings. The average Bonchev–Trinajstić information content (AvgIpc) is 2.48. The number of hydrogen-bond donors (Lipinski definition) is 2. The Morgan fingerprint density at radius 1 is 1.10 bits per heavy atom. The van der Waals surface area contributed by atoms with E-state index in [1.807, 2.05) is 18.2 Å². The summed E-state index contributed by atoms with van der Waals surface area (Å²) < 4.78 is 0. The first-order valence-corrected chi connectivity index (χ1v) is 8.08. The summed E-state index contributed by atoms with van der Waals surface area (Å²) >= 11 is 0. The fraction of sp³-hybridized carbons (Fsp3) is 0.706. The molecule has 2 atom stereocenters. The summed E-state index contributed by atoms with van der Waals surface area (Å²) in [6, 6.07) is 5.79. The lowest BCUT2D eigenvalue weighted by atomic mass is 9.93. The highest BCUT2D eigenvalue weighted by Gasteiger charge is 2.20. The van der Waals surface area contributed by atoms with Crippen molar-refractivity contribution in [1.29, 1.82) is 0 Å². The second kappa shape index (κ2) is 10.8. The summed E-state index contributed by atoms with van der Waals surface area (Å²) in [7, 11) is 0. The molecule has 1 rings (SSSR count). The molecule has 3 heteroatoms. The predicted molar refractivity (Wildman–Crippen MR) is 84.6 cm³/mol. The zero-order chi connectivity index (χ0) is 14.6. The van der Waals surface area contributed by atoms with E-state index in [0.29, 0.717) is 6.54 Å². The normalized spacial score (nSPS) is 14.2. The molecule has 0 amide bonds. The summed E-state index contributed by atoms with van der Waals surface area (Å²) in [5, 5.41) is 10.3. The van der Waals surface area contributed by atoms with Gasteiger partial charge in [-0.1, -0.05) is 57.9 Å². The number of nitrogens with zero attached hydrogens (tertiary/aromatic N) is 1. The standard InChI is InChI=1S/C17H30N2O/c1-2-3-4-5-6-7-8-12-17(20)15(14-18)16-11-9-10-13-19-16/h9-11,13,15,17,20H,2-8,12,14,18H2,1H3. The van der Waals surface area contributed by atoms with E-state index in [1.54, 1.807) is 6.20 Å². The fourth-order valence-corrected chi connectivity index (χ4v) is 2.58. The maximum Gasteiger partial charge on any atom is 0.0636 e. The zero-order valence-corrected chi connectivity index (χ0v) is 12.8. The Labute approximate surface area is 123 Å². The molecule has 0 fully saturated rings. The van der Waals surface area contributed by atoms with Crippen LogP contribution < -0.4 is 5.73 Å². The average molecular weight is 278 g/mol. The molecule has 3 nitrogen and oxygen atoms in total. The number of unbranched alkanes of at least 4 members (excludes halogenated alkanes) is 6. The highest BCUT2D eigenvalue weighted by Crippen LogP contribution is 2.21. The second-order valence-electron chi connectivity index (χ2n) is 5.57. The Morgan fingerprint density at radius 2 is 1.80 bits per heavy atom. The summed E-state index contributed by atoms with van der Waals surface area (Å²) in [6.07, 6.45) is 11.1. The number of aliphatic hydroxyl groups excluding tert-OH is 1. The van der Waals surface area contributed by atoms with Crippen molar-refractivity contribution < 1.29 is 5.11 Å². The van der Waals surface area contributed by atoms with Gasteiger partial charge in [0, 0.05) is 24.4 Å². The number of hydrogen-bond acceptors (Lipinski definition) is 3. The molecule has 3 N–H and O–H groups in total. The molecule has 1 aromatic rings. The van der Waals surface area contributed by atoms with E-state index in [2.05, 4.69) is 11.9 Å². The Bertz CT molecular complexity index is 329. The van der Waals surface area contributed by atoms with Crippen LogP contribution in [0.3, 0.4) is 0 Å². The van der Waals surface area contributed by atoms with Gasteiger partial charge in [0.15, 0.2) is 0 Å². The van der Waals surface area contributed by atoms with Gasteiger partial charge in [-0.25, -0.2) is 0 Å². The van der Waals surface area contributed by atoms with Crippen LogP contribution in [0, 0.1) is 0 Å². The molecular weight excluding hydrogens is 248 g/mol. The minimum absolute atomic E-state index is 0.0312. The van der Waals surface area contributed by atoms with Crippen molar-refractivity contribution >= 4 is 0 Å². The Balaban J connectivity index is 2.22. The lowest BCUT2D eigenvalue weighted by Crippen LogP contribution is -2.26. The molecule has 0 radical (unpaired) electrons.